The van der Waals surface area contributed by atoms with Crippen LogP contribution in [-0.2, 0) is 10.0 Å². The molecule has 1 unspecified atom stereocenters. The van der Waals surface area contributed by atoms with Gasteiger partial charge in [-0.25, -0.2) is 8.42 Å². The molecule has 1 aliphatic rings. The average Bonchev–Trinajstić information content (AvgIpc) is 2.78. The minimum Gasteiger partial charge on any atom is -0.497 e. The standard InChI is InChI=1S/C23H23NO4S/c1-28-21-10-12-22(13-11-21)29(26,27)24-14-4-7-20(16-24)23(25)19-9-8-17-5-2-3-6-18(17)15-19/h2-3,5-6,8-13,15,20H,4,7,14,16H2,1H3. The van der Waals surface area contributed by atoms with Gasteiger partial charge in [-0.1, -0.05) is 36.4 Å². The number of hydrogen-bond acceptors (Lipinski definition) is 4. The summed E-state index contributed by atoms with van der Waals surface area (Å²) in [5.74, 6) is 0.273. The molecule has 0 spiro atoms. The first kappa shape index (κ1) is 19.6. The molecule has 3 aromatic carbocycles. The third kappa shape index (κ3) is 3.91. The Morgan fingerprint density at radius 3 is 2.45 bits per heavy atom. The largest absolute Gasteiger partial charge is 0.497 e. The van der Waals surface area contributed by atoms with Gasteiger partial charge in [-0.05, 0) is 53.9 Å². The molecular weight excluding hydrogens is 386 g/mol. The summed E-state index contributed by atoms with van der Waals surface area (Å²) >= 11 is 0. The zero-order chi connectivity index (χ0) is 20.4. The van der Waals surface area contributed by atoms with Gasteiger partial charge in [0.05, 0.1) is 12.0 Å². The smallest absolute Gasteiger partial charge is 0.243 e. The molecule has 5 nitrogen and oxygen atoms in total. The number of benzene rings is 3. The van der Waals surface area contributed by atoms with Crippen LogP contribution in [0.3, 0.4) is 0 Å². The SMILES string of the molecule is COc1ccc(S(=O)(=O)N2CCCC(C(=O)c3ccc4ccccc4c3)C2)cc1. The van der Waals surface area contributed by atoms with Crippen molar-refractivity contribution in [2.24, 2.45) is 5.92 Å². The number of ketones is 1. The number of methoxy groups -OCH3 is 1. The number of rotatable bonds is 5. The van der Waals surface area contributed by atoms with Crippen LogP contribution in [0.5, 0.6) is 5.75 Å². The van der Waals surface area contributed by atoms with Crippen molar-refractivity contribution in [3.63, 3.8) is 0 Å². The first-order valence-corrected chi connectivity index (χ1v) is 11.1. The van der Waals surface area contributed by atoms with Crippen molar-refractivity contribution in [1.29, 1.82) is 0 Å². The highest BCUT2D eigenvalue weighted by atomic mass is 32.2. The Balaban J connectivity index is 1.55. The molecule has 0 radical (unpaired) electrons. The summed E-state index contributed by atoms with van der Waals surface area (Å²) in [6.45, 7) is 0.635. The Hall–Kier alpha value is -2.70. The summed E-state index contributed by atoms with van der Waals surface area (Å²) in [6, 6.07) is 19.9. The third-order valence-electron chi connectivity index (χ3n) is 5.49. The van der Waals surface area contributed by atoms with E-state index in [2.05, 4.69) is 0 Å². The fourth-order valence-corrected chi connectivity index (χ4v) is 5.37. The fraction of sp³-hybridized carbons (Fsp3) is 0.261. The minimum absolute atomic E-state index is 0.00499. The van der Waals surface area contributed by atoms with Gasteiger partial charge in [-0.15, -0.1) is 0 Å². The second kappa shape index (κ2) is 7.97. The number of sulfonamides is 1. The Bertz CT molecular complexity index is 1140. The van der Waals surface area contributed by atoms with Crippen LogP contribution in [0.15, 0.2) is 71.6 Å². The maximum absolute atomic E-state index is 13.1. The zero-order valence-corrected chi connectivity index (χ0v) is 17.1. The number of hydrogen-bond donors (Lipinski definition) is 0. The van der Waals surface area contributed by atoms with Crippen LogP contribution >= 0.6 is 0 Å². The Kier molecular flexibility index (Phi) is 5.39. The lowest BCUT2D eigenvalue weighted by Gasteiger charge is -2.31. The lowest BCUT2D eigenvalue weighted by Crippen LogP contribution is -2.42. The first-order chi connectivity index (χ1) is 14.0. The fourth-order valence-electron chi connectivity index (χ4n) is 3.85. The van der Waals surface area contributed by atoms with Crippen LogP contribution in [-0.4, -0.2) is 38.7 Å². The predicted molar refractivity (Wildman–Crippen MR) is 113 cm³/mol. The molecule has 3 aromatic rings. The van der Waals surface area contributed by atoms with Gasteiger partial charge in [0.25, 0.3) is 0 Å². The molecule has 0 amide bonds. The van der Waals surface area contributed by atoms with Gasteiger partial charge in [0.1, 0.15) is 5.75 Å². The molecule has 1 heterocycles. The molecule has 0 bridgehead atoms. The van der Waals surface area contributed by atoms with Gasteiger partial charge in [-0.2, -0.15) is 4.31 Å². The number of piperidine rings is 1. The first-order valence-electron chi connectivity index (χ1n) is 9.66. The van der Waals surface area contributed by atoms with Crippen LogP contribution < -0.4 is 4.74 Å². The van der Waals surface area contributed by atoms with Gasteiger partial charge in [0.2, 0.25) is 10.0 Å². The molecule has 1 atom stereocenters. The van der Waals surface area contributed by atoms with E-state index in [4.69, 9.17) is 4.74 Å². The van der Waals surface area contributed by atoms with E-state index in [0.29, 0.717) is 30.7 Å². The van der Waals surface area contributed by atoms with Crippen LogP contribution in [0.1, 0.15) is 23.2 Å². The van der Waals surface area contributed by atoms with E-state index in [1.165, 1.54) is 11.4 Å². The predicted octanol–water partition coefficient (Wildman–Crippen LogP) is 4.13. The van der Waals surface area contributed by atoms with E-state index in [0.717, 1.165) is 10.8 Å². The minimum atomic E-state index is -3.64. The van der Waals surface area contributed by atoms with Crippen molar-refractivity contribution in [2.45, 2.75) is 17.7 Å². The molecule has 0 aromatic heterocycles. The van der Waals surface area contributed by atoms with Gasteiger partial charge in [0.15, 0.2) is 5.78 Å². The van der Waals surface area contributed by atoms with Crippen LogP contribution in [0.2, 0.25) is 0 Å². The zero-order valence-electron chi connectivity index (χ0n) is 16.2. The van der Waals surface area contributed by atoms with E-state index in [-0.39, 0.29) is 23.1 Å². The van der Waals surface area contributed by atoms with E-state index >= 15 is 0 Å². The monoisotopic (exact) mass is 409 g/mol. The molecule has 1 saturated heterocycles. The van der Waals surface area contributed by atoms with Crippen LogP contribution in [0.4, 0.5) is 0 Å². The number of carbonyl (C=O) groups excluding carboxylic acids is 1. The quantitative estimate of drug-likeness (QED) is 0.595. The second-order valence-corrected chi connectivity index (χ2v) is 9.24. The number of fused-ring (bicyclic) bond motifs is 1. The lowest BCUT2D eigenvalue weighted by atomic mass is 9.90. The molecule has 6 heteroatoms. The maximum atomic E-state index is 13.1. The molecular formula is C23H23NO4S. The highest BCUT2D eigenvalue weighted by molar-refractivity contribution is 7.89. The van der Waals surface area contributed by atoms with Gasteiger partial charge < -0.3 is 4.74 Å². The average molecular weight is 410 g/mol. The normalized spacial score (nSPS) is 17.9. The van der Waals surface area contributed by atoms with Crippen molar-refractivity contribution in [3.05, 3.63) is 72.3 Å². The van der Waals surface area contributed by atoms with Crippen molar-refractivity contribution in [3.8, 4) is 5.75 Å². The number of nitrogens with zero attached hydrogens (tertiary/aromatic N) is 1. The Morgan fingerprint density at radius 1 is 1.00 bits per heavy atom. The van der Waals surface area contributed by atoms with E-state index in [1.807, 2.05) is 42.5 Å². The number of carbonyl (C=O) groups is 1. The highest BCUT2D eigenvalue weighted by Crippen LogP contribution is 2.28. The van der Waals surface area contributed by atoms with Gasteiger partial charge in [-0.3, -0.25) is 4.79 Å². The third-order valence-corrected chi connectivity index (χ3v) is 7.37. The lowest BCUT2D eigenvalue weighted by molar-refractivity contribution is 0.0872. The summed E-state index contributed by atoms with van der Waals surface area (Å²) in [5, 5.41) is 2.09. The summed E-state index contributed by atoms with van der Waals surface area (Å²) in [4.78, 5) is 13.3. The summed E-state index contributed by atoms with van der Waals surface area (Å²) in [7, 11) is -2.11. The summed E-state index contributed by atoms with van der Waals surface area (Å²) in [6.07, 6.45) is 1.36. The van der Waals surface area contributed by atoms with Crippen molar-refractivity contribution in [1.82, 2.24) is 4.31 Å². The van der Waals surface area contributed by atoms with E-state index < -0.39 is 10.0 Å². The topological polar surface area (TPSA) is 63.7 Å². The second-order valence-electron chi connectivity index (χ2n) is 7.30. The highest BCUT2D eigenvalue weighted by Gasteiger charge is 2.33. The molecule has 150 valence electrons. The summed E-state index contributed by atoms with van der Waals surface area (Å²) < 4.78 is 32.6. The van der Waals surface area contributed by atoms with Crippen molar-refractivity contribution in [2.75, 3.05) is 20.2 Å². The maximum Gasteiger partial charge on any atom is 0.243 e. The molecule has 0 N–H and O–H groups in total. The van der Waals surface area contributed by atoms with E-state index in [1.54, 1.807) is 24.3 Å². The van der Waals surface area contributed by atoms with Gasteiger partial charge in [0, 0.05) is 24.6 Å². The molecule has 29 heavy (non-hydrogen) atoms. The molecule has 1 fully saturated rings. The molecule has 0 saturated carbocycles. The van der Waals surface area contributed by atoms with Crippen LogP contribution in [0, 0.1) is 5.92 Å². The van der Waals surface area contributed by atoms with Gasteiger partial charge >= 0.3 is 0 Å². The summed E-state index contributed by atoms with van der Waals surface area (Å²) in [5.41, 5.74) is 0.636. The Morgan fingerprint density at radius 2 is 1.72 bits per heavy atom. The van der Waals surface area contributed by atoms with Crippen LogP contribution in [0.25, 0.3) is 10.8 Å². The number of Topliss-reactive ketones (excluding diaryl/α,β-unsaturated/α-hetero) is 1. The Labute approximate surface area is 171 Å². The van der Waals surface area contributed by atoms with Crippen molar-refractivity contribution >= 4 is 26.6 Å². The number of ether oxygens (including phenoxy) is 1. The van der Waals surface area contributed by atoms with Crippen molar-refractivity contribution < 1.29 is 17.9 Å². The molecule has 4 rings (SSSR count). The molecule has 0 aliphatic carbocycles. The van der Waals surface area contributed by atoms with E-state index in [9.17, 15) is 13.2 Å². The molecule has 1 aliphatic heterocycles.